The van der Waals surface area contributed by atoms with Gasteiger partial charge in [0.15, 0.2) is 5.78 Å². The zero-order valence-electron chi connectivity index (χ0n) is 24.8. The lowest BCUT2D eigenvalue weighted by Gasteiger charge is -2.10. The van der Waals surface area contributed by atoms with Crippen LogP contribution in [0.3, 0.4) is 0 Å². The van der Waals surface area contributed by atoms with Crippen LogP contribution in [0.25, 0.3) is 0 Å². The molecule has 0 fully saturated rings. The van der Waals surface area contributed by atoms with Crippen LogP contribution in [0.1, 0.15) is 15.9 Å². The van der Waals surface area contributed by atoms with Crippen LogP contribution in [0.15, 0.2) is 165 Å². The number of carbonyl (C=O) groups excluding carboxylic acids is 1. The van der Waals surface area contributed by atoms with Gasteiger partial charge in [0.05, 0.1) is 19.6 Å². The van der Waals surface area contributed by atoms with E-state index >= 15 is 0 Å². The molecule has 240 valence electrons. The fraction of sp³-hybridized carbons (Fsp3) is 0. The van der Waals surface area contributed by atoms with Gasteiger partial charge in [-0.15, -0.1) is 0 Å². The molecule has 0 heterocycles. The lowest BCUT2D eigenvalue weighted by molar-refractivity contribution is 0.103. The molecule has 0 saturated carbocycles. The average molecular weight is 683 g/mol. The zero-order valence-corrected chi connectivity index (χ0v) is 26.4. The summed E-state index contributed by atoms with van der Waals surface area (Å²) >= 11 is 0. The number of halogens is 2. The van der Waals surface area contributed by atoms with E-state index in [0.29, 0.717) is 34.1 Å². The molecular formula is C37H24F2O7S2. The van der Waals surface area contributed by atoms with Gasteiger partial charge in [-0.05, 0) is 133 Å². The zero-order chi connectivity index (χ0) is 33.9. The maximum absolute atomic E-state index is 13.2. The molecule has 6 aromatic rings. The van der Waals surface area contributed by atoms with Gasteiger partial charge in [-0.1, -0.05) is 12.1 Å². The third kappa shape index (κ3) is 7.02. The lowest BCUT2D eigenvalue weighted by Crippen LogP contribution is -2.02. The van der Waals surface area contributed by atoms with Gasteiger partial charge in [0.1, 0.15) is 34.6 Å². The van der Waals surface area contributed by atoms with Gasteiger partial charge in [-0.2, -0.15) is 0 Å². The maximum Gasteiger partial charge on any atom is 0.206 e. The van der Waals surface area contributed by atoms with Crippen LogP contribution in [0.2, 0.25) is 0 Å². The molecule has 0 aromatic heterocycles. The van der Waals surface area contributed by atoms with E-state index in [9.17, 15) is 30.4 Å². The van der Waals surface area contributed by atoms with Crippen molar-refractivity contribution in [2.45, 2.75) is 19.6 Å². The number of ether oxygens (including phenoxy) is 2. The van der Waals surface area contributed by atoms with Crippen LogP contribution in [0.4, 0.5) is 8.78 Å². The van der Waals surface area contributed by atoms with Crippen LogP contribution in [0.5, 0.6) is 23.0 Å². The number of ketones is 1. The van der Waals surface area contributed by atoms with Crippen molar-refractivity contribution >= 4 is 25.5 Å². The van der Waals surface area contributed by atoms with Crippen molar-refractivity contribution in [1.82, 2.24) is 0 Å². The first-order valence-corrected chi connectivity index (χ1v) is 17.3. The molecule has 0 aliphatic heterocycles. The molecule has 6 aromatic carbocycles. The number of hydrogen-bond donors (Lipinski definition) is 0. The van der Waals surface area contributed by atoms with Crippen molar-refractivity contribution in [2.24, 2.45) is 0 Å². The molecule has 0 N–H and O–H groups in total. The quantitative estimate of drug-likeness (QED) is 0.106. The Kier molecular flexibility index (Phi) is 8.90. The molecule has 48 heavy (non-hydrogen) atoms. The normalized spacial score (nSPS) is 11.5. The molecule has 0 spiro atoms. The lowest BCUT2D eigenvalue weighted by atomic mass is 10.0. The smallest absolute Gasteiger partial charge is 0.206 e. The Morgan fingerprint density at radius 2 is 0.771 bits per heavy atom. The van der Waals surface area contributed by atoms with E-state index in [-0.39, 0.29) is 25.4 Å². The number of hydrogen-bond acceptors (Lipinski definition) is 7. The Morgan fingerprint density at radius 3 is 1.19 bits per heavy atom. The maximum atomic E-state index is 13.2. The van der Waals surface area contributed by atoms with Gasteiger partial charge >= 0.3 is 0 Å². The van der Waals surface area contributed by atoms with Gasteiger partial charge in [0.2, 0.25) is 19.7 Å². The summed E-state index contributed by atoms with van der Waals surface area (Å²) < 4.78 is 89.4. The monoisotopic (exact) mass is 682 g/mol. The van der Waals surface area contributed by atoms with Gasteiger partial charge in [0.25, 0.3) is 0 Å². The molecule has 0 saturated heterocycles. The molecule has 0 unspecified atom stereocenters. The SMILES string of the molecule is O=C(c1ccc(Oc2ccc(S(=O)(=O)c3ccc(F)cc3)cc2)cc1)c1cccc(Oc2ccc(S(=O)(=O)c3ccc(F)cc3)cc2)c1. The molecule has 0 bridgehead atoms. The minimum atomic E-state index is -3.84. The number of rotatable bonds is 10. The summed E-state index contributed by atoms with van der Waals surface area (Å²) in [6, 6.07) is 33.6. The fourth-order valence-corrected chi connectivity index (χ4v) is 7.21. The predicted molar refractivity (Wildman–Crippen MR) is 173 cm³/mol. The first kappa shape index (κ1) is 32.3. The average Bonchev–Trinajstić information content (AvgIpc) is 3.09. The van der Waals surface area contributed by atoms with E-state index in [1.54, 1.807) is 48.5 Å². The van der Waals surface area contributed by atoms with Gasteiger partial charge in [-0.25, -0.2) is 25.6 Å². The van der Waals surface area contributed by atoms with E-state index in [1.807, 2.05) is 0 Å². The molecule has 0 aliphatic carbocycles. The Hall–Kier alpha value is -5.65. The van der Waals surface area contributed by atoms with E-state index in [2.05, 4.69) is 0 Å². The number of sulfone groups is 2. The molecular weight excluding hydrogens is 659 g/mol. The van der Waals surface area contributed by atoms with Crippen LogP contribution in [-0.2, 0) is 19.7 Å². The molecule has 0 radical (unpaired) electrons. The Balaban J connectivity index is 1.10. The van der Waals surface area contributed by atoms with Crippen LogP contribution >= 0.6 is 0 Å². The molecule has 11 heteroatoms. The summed E-state index contributed by atoms with van der Waals surface area (Å²) in [6.07, 6.45) is 0. The highest BCUT2D eigenvalue weighted by molar-refractivity contribution is 7.91. The second-order valence-corrected chi connectivity index (χ2v) is 14.3. The van der Waals surface area contributed by atoms with Crippen molar-refractivity contribution in [3.8, 4) is 23.0 Å². The topological polar surface area (TPSA) is 104 Å². The predicted octanol–water partition coefficient (Wildman–Crippen LogP) is 8.45. The highest BCUT2D eigenvalue weighted by Gasteiger charge is 2.19. The van der Waals surface area contributed by atoms with Crippen LogP contribution in [0, 0.1) is 11.6 Å². The Morgan fingerprint density at radius 1 is 0.417 bits per heavy atom. The molecule has 0 amide bonds. The van der Waals surface area contributed by atoms with Crippen molar-refractivity contribution in [3.05, 3.63) is 168 Å². The van der Waals surface area contributed by atoms with E-state index in [0.717, 1.165) is 24.3 Å². The summed E-state index contributed by atoms with van der Waals surface area (Å²) in [5, 5.41) is 0. The van der Waals surface area contributed by atoms with Crippen molar-refractivity contribution in [1.29, 1.82) is 0 Å². The summed E-state index contributed by atoms with van der Waals surface area (Å²) in [7, 11) is -7.67. The van der Waals surface area contributed by atoms with E-state index in [4.69, 9.17) is 9.47 Å². The minimum absolute atomic E-state index is 0.0182. The number of benzene rings is 6. The van der Waals surface area contributed by atoms with E-state index in [1.165, 1.54) is 72.8 Å². The van der Waals surface area contributed by atoms with Crippen LogP contribution < -0.4 is 9.47 Å². The van der Waals surface area contributed by atoms with Gasteiger partial charge in [-0.3, -0.25) is 4.79 Å². The summed E-state index contributed by atoms with van der Waals surface area (Å²) in [4.78, 5) is 13.2. The molecule has 0 atom stereocenters. The number of carbonyl (C=O) groups is 1. The third-order valence-electron chi connectivity index (χ3n) is 7.20. The Labute approximate surface area is 275 Å². The second-order valence-electron chi connectivity index (χ2n) is 10.4. The first-order chi connectivity index (χ1) is 23.0. The first-order valence-electron chi connectivity index (χ1n) is 14.3. The molecule has 7 nitrogen and oxygen atoms in total. The highest BCUT2D eigenvalue weighted by atomic mass is 32.2. The standard InChI is InChI=1S/C37H24F2O7S2/c38-27-6-16-33(17-7-27)47(41,42)35-20-12-30(13-21-35)45-29-10-4-25(5-11-29)37(40)26-2-1-3-32(24-26)46-31-14-22-36(23-15-31)48(43,44)34-18-8-28(39)9-19-34/h1-24H. The summed E-state index contributed by atoms with van der Waals surface area (Å²) in [5.74, 6) is 0.157. The molecule has 6 rings (SSSR count). The molecule has 0 aliphatic rings. The van der Waals surface area contributed by atoms with Gasteiger partial charge in [0, 0.05) is 11.1 Å². The van der Waals surface area contributed by atoms with Crippen molar-refractivity contribution in [3.63, 3.8) is 0 Å². The van der Waals surface area contributed by atoms with Crippen LogP contribution in [-0.4, -0.2) is 22.6 Å². The third-order valence-corrected chi connectivity index (χ3v) is 10.8. The summed E-state index contributed by atoms with van der Waals surface area (Å²) in [5.41, 5.74) is 0.741. The largest absolute Gasteiger partial charge is 0.457 e. The van der Waals surface area contributed by atoms with Gasteiger partial charge < -0.3 is 9.47 Å². The minimum Gasteiger partial charge on any atom is -0.457 e. The fourth-order valence-electron chi connectivity index (χ4n) is 4.69. The second kappa shape index (κ2) is 13.2. The highest BCUT2D eigenvalue weighted by Crippen LogP contribution is 2.29. The van der Waals surface area contributed by atoms with Crippen molar-refractivity contribution < 1.29 is 39.9 Å². The van der Waals surface area contributed by atoms with Crippen molar-refractivity contribution in [2.75, 3.05) is 0 Å². The Bertz CT molecular complexity index is 2310. The van der Waals surface area contributed by atoms with E-state index < -0.39 is 31.3 Å². The summed E-state index contributed by atoms with van der Waals surface area (Å²) in [6.45, 7) is 0.